The van der Waals surface area contributed by atoms with Gasteiger partial charge in [-0.25, -0.2) is 4.39 Å². The topological polar surface area (TPSA) is 49.2 Å². The molecule has 0 bridgehead atoms. The molecule has 0 atom stereocenters. The van der Waals surface area contributed by atoms with Gasteiger partial charge in [-0.15, -0.1) is 10.2 Å². The van der Waals surface area contributed by atoms with E-state index in [1.165, 1.54) is 12.1 Å². The van der Waals surface area contributed by atoms with E-state index in [0.717, 1.165) is 11.3 Å². The second kappa shape index (κ2) is 6.77. The van der Waals surface area contributed by atoms with Gasteiger partial charge in [0.2, 0.25) is 0 Å². The van der Waals surface area contributed by atoms with E-state index < -0.39 is 17.9 Å². The number of fused-ring (bicyclic) bond motifs is 3. The Morgan fingerprint density at radius 2 is 1.72 bits per heavy atom. The van der Waals surface area contributed by atoms with Crippen LogP contribution in [-0.2, 0) is 22.3 Å². The van der Waals surface area contributed by atoms with Gasteiger partial charge in [0.05, 0.1) is 31.2 Å². The van der Waals surface area contributed by atoms with Crippen molar-refractivity contribution in [2.24, 2.45) is 5.92 Å². The zero-order valence-corrected chi connectivity index (χ0v) is 15.7. The number of nitrogens with zero attached hydrogens (tertiary/aromatic N) is 3. The van der Waals surface area contributed by atoms with Gasteiger partial charge in [-0.1, -0.05) is 0 Å². The molecule has 3 heterocycles. The maximum Gasteiger partial charge on any atom is 0.391 e. The molecule has 29 heavy (non-hydrogen) atoms. The minimum atomic E-state index is -4.15. The van der Waals surface area contributed by atoms with Crippen molar-refractivity contribution >= 4 is 0 Å². The molecule has 1 saturated carbocycles. The van der Waals surface area contributed by atoms with Gasteiger partial charge in [-0.2, -0.15) is 13.2 Å². The second-order valence-corrected chi connectivity index (χ2v) is 8.13. The molecule has 2 aliphatic heterocycles. The Balaban J connectivity index is 1.53. The molecule has 2 aromatic rings. The van der Waals surface area contributed by atoms with Crippen LogP contribution >= 0.6 is 0 Å². The zero-order valence-electron chi connectivity index (χ0n) is 15.7. The highest BCUT2D eigenvalue weighted by atomic mass is 19.4. The molecule has 156 valence electrons. The maximum absolute atomic E-state index is 14.0. The molecule has 5 rings (SSSR count). The molecule has 3 aliphatic rings. The molecular weight excluding hydrogens is 390 g/mol. The molecule has 0 radical (unpaired) electrons. The first-order chi connectivity index (χ1) is 13.8. The summed E-state index contributed by atoms with van der Waals surface area (Å²) in [5.41, 5.74) is 1.46. The number of benzene rings is 1. The van der Waals surface area contributed by atoms with Crippen LogP contribution in [0, 0.1) is 11.7 Å². The number of ether oxygens (including phenoxy) is 2. The van der Waals surface area contributed by atoms with E-state index in [2.05, 4.69) is 10.2 Å². The maximum atomic E-state index is 14.0. The summed E-state index contributed by atoms with van der Waals surface area (Å²) in [6.45, 7) is 0.903. The monoisotopic (exact) mass is 411 g/mol. The van der Waals surface area contributed by atoms with Crippen LogP contribution in [0.25, 0.3) is 5.69 Å². The van der Waals surface area contributed by atoms with Crippen LogP contribution in [0.2, 0.25) is 0 Å². The molecule has 0 unspecified atom stereocenters. The fourth-order valence-electron chi connectivity index (χ4n) is 4.86. The van der Waals surface area contributed by atoms with Gasteiger partial charge in [-0.3, -0.25) is 4.57 Å². The van der Waals surface area contributed by atoms with E-state index in [9.17, 15) is 17.6 Å². The molecule has 1 aliphatic carbocycles. The van der Waals surface area contributed by atoms with Crippen molar-refractivity contribution in [3.05, 3.63) is 41.2 Å². The Kier molecular flexibility index (Phi) is 4.43. The summed E-state index contributed by atoms with van der Waals surface area (Å²) in [5.74, 6) is -1.37. The summed E-state index contributed by atoms with van der Waals surface area (Å²) in [6, 6.07) is 4.51. The van der Waals surface area contributed by atoms with Crippen LogP contribution in [0.5, 0.6) is 0 Å². The summed E-state index contributed by atoms with van der Waals surface area (Å²) < 4.78 is 66.7. The second-order valence-electron chi connectivity index (χ2n) is 8.13. The van der Waals surface area contributed by atoms with Crippen LogP contribution in [0.15, 0.2) is 18.2 Å². The van der Waals surface area contributed by atoms with Crippen molar-refractivity contribution in [3.63, 3.8) is 0 Å². The third-order valence-corrected chi connectivity index (χ3v) is 6.29. The summed E-state index contributed by atoms with van der Waals surface area (Å²) in [4.78, 5) is 0. The van der Waals surface area contributed by atoms with E-state index >= 15 is 0 Å². The molecule has 5 nitrogen and oxygen atoms in total. The predicted octanol–water partition coefficient (Wildman–Crippen LogP) is 4.08. The highest BCUT2D eigenvalue weighted by molar-refractivity contribution is 5.46. The molecule has 0 amide bonds. The Labute approximate surface area is 165 Å². The standard InChI is InChI=1S/C20H21F4N3O2/c21-15-5-6-16-13(9-15)10-19(28-7-8-29-19)11-17-25-26-18(27(16)17)12-1-3-14(4-2-12)20(22,23)24/h5-6,9,12,14H,1-4,7-8,10-11H2/t12-,14-. The molecule has 0 N–H and O–H groups in total. The summed E-state index contributed by atoms with van der Waals surface area (Å²) >= 11 is 0. The first kappa shape index (κ1) is 19.0. The number of hydrogen-bond donors (Lipinski definition) is 0. The van der Waals surface area contributed by atoms with Crippen molar-refractivity contribution < 1.29 is 27.0 Å². The first-order valence-electron chi connectivity index (χ1n) is 9.92. The summed E-state index contributed by atoms with van der Waals surface area (Å²) in [7, 11) is 0. The lowest BCUT2D eigenvalue weighted by atomic mass is 9.81. The number of aromatic nitrogens is 3. The van der Waals surface area contributed by atoms with Crippen molar-refractivity contribution in [2.45, 2.75) is 56.4 Å². The minimum Gasteiger partial charge on any atom is -0.347 e. The number of halogens is 4. The van der Waals surface area contributed by atoms with Gasteiger partial charge in [0.1, 0.15) is 17.5 Å². The van der Waals surface area contributed by atoms with E-state index in [1.807, 2.05) is 4.57 Å². The van der Waals surface area contributed by atoms with Crippen LogP contribution < -0.4 is 0 Å². The van der Waals surface area contributed by atoms with E-state index in [1.54, 1.807) is 6.07 Å². The lowest BCUT2D eigenvalue weighted by Gasteiger charge is -2.29. The quantitative estimate of drug-likeness (QED) is 0.664. The van der Waals surface area contributed by atoms with Gasteiger partial charge in [0.25, 0.3) is 0 Å². The fraction of sp³-hybridized carbons (Fsp3) is 0.600. The Morgan fingerprint density at radius 3 is 2.41 bits per heavy atom. The smallest absolute Gasteiger partial charge is 0.347 e. The average Bonchev–Trinajstić information content (AvgIpc) is 3.26. The molecule has 1 spiro atoms. The number of hydrogen-bond acceptors (Lipinski definition) is 4. The largest absolute Gasteiger partial charge is 0.391 e. The predicted molar refractivity (Wildman–Crippen MR) is 94.1 cm³/mol. The number of alkyl halides is 3. The first-order valence-corrected chi connectivity index (χ1v) is 9.92. The van der Waals surface area contributed by atoms with E-state index in [0.29, 0.717) is 50.5 Å². The third-order valence-electron chi connectivity index (χ3n) is 6.29. The van der Waals surface area contributed by atoms with Gasteiger partial charge in [-0.05, 0) is 49.4 Å². The molecular formula is C20H21F4N3O2. The van der Waals surface area contributed by atoms with Crippen molar-refractivity contribution in [1.29, 1.82) is 0 Å². The summed E-state index contributed by atoms with van der Waals surface area (Å²) in [6.07, 6.45) is -2.45. The van der Waals surface area contributed by atoms with Gasteiger partial charge in [0, 0.05) is 12.3 Å². The SMILES string of the molecule is Fc1ccc2c(c1)CC1(Cc3nnc([C@H]4CC[C@H](C(F)(F)F)CC4)n3-2)OCCO1. The third kappa shape index (κ3) is 3.34. The number of rotatable bonds is 1. The zero-order chi connectivity index (χ0) is 20.2. The van der Waals surface area contributed by atoms with Crippen molar-refractivity contribution in [3.8, 4) is 5.69 Å². The Bertz CT molecular complexity index is 913. The molecule has 1 aromatic heterocycles. The summed E-state index contributed by atoms with van der Waals surface area (Å²) in [5, 5.41) is 8.69. The normalized spacial score (nSPS) is 26.2. The van der Waals surface area contributed by atoms with Crippen LogP contribution in [0.3, 0.4) is 0 Å². The van der Waals surface area contributed by atoms with Crippen LogP contribution in [0.4, 0.5) is 17.6 Å². The lowest BCUT2D eigenvalue weighted by molar-refractivity contribution is -0.182. The Hall–Kier alpha value is -2.00. The van der Waals surface area contributed by atoms with Gasteiger partial charge in [0.15, 0.2) is 5.79 Å². The van der Waals surface area contributed by atoms with E-state index in [-0.39, 0.29) is 24.6 Å². The van der Waals surface area contributed by atoms with Gasteiger partial charge >= 0.3 is 6.18 Å². The van der Waals surface area contributed by atoms with Crippen LogP contribution in [0.1, 0.15) is 48.8 Å². The van der Waals surface area contributed by atoms with E-state index in [4.69, 9.17) is 9.47 Å². The highest BCUT2D eigenvalue weighted by Crippen LogP contribution is 2.44. The molecule has 9 heteroatoms. The average molecular weight is 411 g/mol. The molecule has 1 saturated heterocycles. The Morgan fingerprint density at radius 1 is 1.00 bits per heavy atom. The van der Waals surface area contributed by atoms with Crippen molar-refractivity contribution in [1.82, 2.24) is 14.8 Å². The van der Waals surface area contributed by atoms with Crippen molar-refractivity contribution in [2.75, 3.05) is 13.2 Å². The molecule has 1 aromatic carbocycles. The highest BCUT2D eigenvalue weighted by Gasteiger charge is 2.45. The lowest BCUT2D eigenvalue weighted by Crippen LogP contribution is -2.35. The van der Waals surface area contributed by atoms with Gasteiger partial charge < -0.3 is 9.47 Å². The molecule has 2 fully saturated rings. The minimum absolute atomic E-state index is 0.0861. The van der Waals surface area contributed by atoms with Crippen LogP contribution in [-0.4, -0.2) is 39.9 Å². The fourth-order valence-corrected chi connectivity index (χ4v) is 4.86.